The van der Waals surface area contributed by atoms with E-state index in [2.05, 4.69) is 4.98 Å². The van der Waals surface area contributed by atoms with Crippen LogP contribution in [0.25, 0.3) is 0 Å². The summed E-state index contributed by atoms with van der Waals surface area (Å²) in [5.74, 6) is -1.13. The number of fused-ring (bicyclic) bond motifs is 1. The lowest BCUT2D eigenvalue weighted by Gasteiger charge is -2.18. The first-order valence-corrected chi connectivity index (χ1v) is 4.43. The normalized spacial score (nSPS) is 21.2. The van der Waals surface area contributed by atoms with Crippen molar-refractivity contribution in [2.24, 2.45) is 7.05 Å². The third kappa shape index (κ3) is 1.22. The van der Waals surface area contributed by atoms with Crippen molar-refractivity contribution in [2.45, 2.75) is 25.2 Å². The van der Waals surface area contributed by atoms with E-state index in [-0.39, 0.29) is 5.92 Å². The zero-order valence-electron chi connectivity index (χ0n) is 7.53. The lowest BCUT2D eigenvalue weighted by atomic mass is 9.90. The molecule has 0 radical (unpaired) electrons. The fourth-order valence-electron chi connectivity index (χ4n) is 1.92. The maximum Gasteiger partial charge on any atom is 0.312 e. The van der Waals surface area contributed by atoms with E-state index in [1.165, 1.54) is 0 Å². The minimum atomic E-state index is -0.750. The van der Waals surface area contributed by atoms with Crippen LogP contribution >= 0.6 is 0 Å². The van der Waals surface area contributed by atoms with Crippen molar-refractivity contribution in [3.63, 3.8) is 0 Å². The predicted octanol–water partition coefficient (Wildman–Crippen LogP) is 0.925. The van der Waals surface area contributed by atoms with E-state index >= 15 is 0 Å². The maximum atomic E-state index is 10.9. The minimum Gasteiger partial charge on any atom is -0.481 e. The number of aryl methyl sites for hydroxylation is 1. The molecule has 70 valence electrons. The second-order valence-electron chi connectivity index (χ2n) is 3.47. The molecule has 1 heterocycles. The molecule has 0 bridgehead atoms. The number of imidazole rings is 1. The van der Waals surface area contributed by atoms with E-state index in [4.69, 9.17) is 5.11 Å². The summed E-state index contributed by atoms with van der Waals surface area (Å²) < 4.78 is 1.92. The van der Waals surface area contributed by atoms with Crippen LogP contribution in [0, 0.1) is 0 Å². The molecule has 1 aromatic rings. The van der Waals surface area contributed by atoms with Gasteiger partial charge in [-0.25, -0.2) is 4.98 Å². The Morgan fingerprint density at radius 2 is 2.54 bits per heavy atom. The zero-order valence-corrected chi connectivity index (χ0v) is 7.53. The number of carboxylic acid groups (broad SMARTS) is 1. The highest BCUT2D eigenvalue weighted by molar-refractivity contribution is 5.76. The largest absolute Gasteiger partial charge is 0.481 e. The highest BCUT2D eigenvalue weighted by Gasteiger charge is 2.29. The molecule has 0 aromatic carbocycles. The number of carboxylic acids is 1. The molecule has 0 saturated heterocycles. The van der Waals surface area contributed by atoms with Gasteiger partial charge in [-0.15, -0.1) is 0 Å². The first-order valence-electron chi connectivity index (χ1n) is 4.43. The summed E-state index contributed by atoms with van der Waals surface area (Å²) in [4.78, 5) is 15.0. The molecule has 1 atom stereocenters. The molecule has 2 rings (SSSR count). The highest BCUT2D eigenvalue weighted by Crippen LogP contribution is 2.29. The molecule has 1 aliphatic carbocycles. The van der Waals surface area contributed by atoms with Crippen LogP contribution in [-0.4, -0.2) is 20.6 Å². The van der Waals surface area contributed by atoms with Crippen LogP contribution in [0.1, 0.15) is 30.1 Å². The molecule has 1 aliphatic rings. The van der Waals surface area contributed by atoms with Gasteiger partial charge in [-0.3, -0.25) is 4.79 Å². The molecule has 0 aliphatic heterocycles. The van der Waals surface area contributed by atoms with Gasteiger partial charge < -0.3 is 9.67 Å². The van der Waals surface area contributed by atoms with Crippen molar-refractivity contribution in [3.8, 4) is 0 Å². The maximum absolute atomic E-state index is 10.9. The average molecular weight is 180 g/mol. The molecule has 13 heavy (non-hydrogen) atoms. The van der Waals surface area contributed by atoms with Crippen LogP contribution in [0.3, 0.4) is 0 Å². The number of aromatic nitrogens is 2. The number of carbonyl (C=O) groups is 1. The Kier molecular flexibility index (Phi) is 1.83. The first-order chi connectivity index (χ1) is 6.20. The summed E-state index contributed by atoms with van der Waals surface area (Å²) in [6.07, 6.45) is 4.32. The van der Waals surface area contributed by atoms with Crippen LogP contribution in [0.5, 0.6) is 0 Å². The summed E-state index contributed by atoms with van der Waals surface area (Å²) in [6, 6.07) is 0. The van der Waals surface area contributed by atoms with Gasteiger partial charge in [0.15, 0.2) is 0 Å². The molecular weight excluding hydrogens is 168 g/mol. The number of aliphatic carboxylic acids is 1. The second-order valence-corrected chi connectivity index (χ2v) is 3.47. The molecule has 1 N–H and O–H groups in total. The Morgan fingerprint density at radius 3 is 3.23 bits per heavy atom. The van der Waals surface area contributed by atoms with E-state index < -0.39 is 5.97 Å². The van der Waals surface area contributed by atoms with Crippen molar-refractivity contribution >= 4 is 5.97 Å². The summed E-state index contributed by atoms with van der Waals surface area (Å²) in [6.45, 7) is 0. The van der Waals surface area contributed by atoms with Gasteiger partial charge in [-0.1, -0.05) is 0 Å². The lowest BCUT2D eigenvalue weighted by Crippen LogP contribution is -2.18. The monoisotopic (exact) mass is 180 g/mol. The van der Waals surface area contributed by atoms with Crippen LogP contribution < -0.4 is 0 Å². The summed E-state index contributed by atoms with van der Waals surface area (Å²) >= 11 is 0. The fourth-order valence-corrected chi connectivity index (χ4v) is 1.92. The molecule has 4 nitrogen and oxygen atoms in total. The van der Waals surface area contributed by atoms with E-state index in [9.17, 15) is 4.79 Å². The first kappa shape index (κ1) is 8.29. The Labute approximate surface area is 76.2 Å². The Morgan fingerprint density at radius 1 is 1.77 bits per heavy atom. The van der Waals surface area contributed by atoms with E-state index in [0.717, 1.165) is 30.7 Å². The molecule has 1 aromatic heterocycles. The molecule has 0 amide bonds. The van der Waals surface area contributed by atoms with Crippen LogP contribution in [0.4, 0.5) is 0 Å². The molecule has 0 fully saturated rings. The summed E-state index contributed by atoms with van der Waals surface area (Å²) in [5, 5.41) is 8.95. The Hall–Kier alpha value is -1.32. The Balaban J connectivity index is 2.43. The van der Waals surface area contributed by atoms with Crippen LogP contribution in [0.2, 0.25) is 0 Å². The highest BCUT2D eigenvalue weighted by atomic mass is 16.4. The lowest BCUT2D eigenvalue weighted by molar-refractivity contribution is -0.139. The SMILES string of the molecule is Cn1cnc2c1CCCC2C(=O)O. The standard InChI is InChI=1S/C9H12N2O2/c1-11-5-10-8-6(9(12)13)3-2-4-7(8)11/h5-6H,2-4H2,1H3,(H,12,13). The van der Waals surface area contributed by atoms with Crippen molar-refractivity contribution in [1.29, 1.82) is 0 Å². The van der Waals surface area contributed by atoms with Gasteiger partial charge in [0.1, 0.15) is 5.92 Å². The average Bonchev–Trinajstić information content (AvgIpc) is 2.48. The molecule has 4 heteroatoms. The number of rotatable bonds is 1. The van der Waals surface area contributed by atoms with Gasteiger partial charge in [0.25, 0.3) is 0 Å². The predicted molar refractivity (Wildman–Crippen MR) is 46.5 cm³/mol. The van der Waals surface area contributed by atoms with E-state index in [1.54, 1.807) is 6.33 Å². The molecule has 0 saturated carbocycles. The minimum absolute atomic E-state index is 0.384. The van der Waals surface area contributed by atoms with Crippen LogP contribution in [0.15, 0.2) is 6.33 Å². The van der Waals surface area contributed by atoms with Gasteiger partial charge in [0.2, 0.25) is 0 Å². The number of hydrogen-bond acceptors (Lipinski definition) is 2. The van der Waals surface area contributed by atoms with Gasteiger partial charge in [-0.05, 0) is 19.3 Å². The van der Waals surface area contributed by atoms with Crippen LogP contribution in [-0.2, 0) is 18.3 Å². The third-order valence-corrected chi connectivity index (χ3v) is 2.63. The smallest absolute Gasteiger partial charge is 0.312 e. The number of hydrogen-bond donors (Lipinski definition) is 1. The summed E-state index contributed by atoms with van der Waals surface area (Å²) in [7, 11) is 1.91. The third-order valence-electron chi connectivity index (χ3n) is 2.63. The second kappa shape index (κ2) is 2.87. The van der Waals surface area contributed by atoms with Gasteiger partial charge >= 0.3 is 5.97 Å². The van der Waals surface area contributed by atoms with Gasteiger partial charge in [-0.2, -0.15) is 0 Å². The molecule has 1 unspecified atom stereocenters. The topological polar surface area (TPSA) is 55.1 Å². The van der Waals surface area contributed by atoms with Crippen molar-refractivity contribution in [1.82, 2.24) is 9.55 Å². The molecular formula is C9H12N2O2. The van der Waals surface area contributed by atoms with Gasteiger partial charge in [0, 0.05) is 12.7 Å². The van der Waals surface area contributed by atoms with Crippen molar-refractivity contribution in [2.75, 3.05) is 0 Å². The van der Waals surface area contributed by atoms with E-state index in [0.29, 0.717) is 0 Å². The fraction of sp³-hybridized carbons (Fsp3) is 0.556. The van der Waals surface area contributed by atoms with Crippen molar-refractivity contribution in [3.05, 3.63) is 17.7 Å². The molecule has 0 spiro atoms. The van der Waals surface area contributed by atoms with Crippen molar-refractivity contribution < 1.29 is 9.90 Å². The zero-order chi connectivity index (χ0) is 9.42. The Bertz CT molecular complexity index is 343. The number of nitrogens with zero attached hydrogens (tertiary/aromatic N) is 2. The van der Waals surface area contributed by atoms with E-state index in [1.807, 2.05) is 11.6 Å². The quantitative estimate of drug-likeness (QED) is 0.699. The summed E-state index contributed by atoms with van der Waals surface area (Å²) in [5.41, 5.74) is 1.85. The van der Waals surface area contributed by atoms with Gasteiger partial charge in [0.05, 0.1) is 12.0 Å².